The van der Waals surface area contributed by atoms with Gasteiger partial charge in [0.15, 0.2) is 11.9 Å². The number of aliphatic hydroxyl groups is 1. The monoisotopic (exact) mass is 589 g/mol. The zero-order valence-electron chi connectivity index (χ0n) is 19.8. The van der Waals surface area contributed by atoms with Crippen LogP contribution in [0.25, 0.3) is 0 Å². The molecule has 40 heavy (non-hydrogen) atoms. The standard InChI is InChI=1S/C25H18F11NO3/c26-22(27,25(34,35)36)16-5-2-9-20(11-16)40-37(13-21(38)24(31,32)33)18-7-3-8-19(12-18)39-14-15-4-1-6-17(10-15)23(28,29)30/h1-12,21,38H,13-14H2/t21-/m0/s1. The van der Waals surface area contributed by atoms with E-state index >= 15 is 0 Å². The Morgan fingerprint density at radius 2 is 1.30 bits per heavy atom. The Kier molecular flexibility index (Phi) is 8.77. The molecule has 0 aliphatic carbocycles. The summed E-state index contributed by atoms with van der Waals surface area (Å²) in [6, 6.07) is 11.2. The van der Waals surface area contributed by atoms with Crippen LogP contribution < -0.4 is 14.6 Å². The van der Waals surface area contributed by atoms with Gasteiger partial charge in [-0.3, -0.25) is 0 Å². The highest BCUT2D eigenvalue weighted by Gasteiger charge is 2.58. The average molecular weight is 589 g/mol. The first-order chi connectivity index (χ1) is 18.4. The van der Waals surface area contributed by atoms with Gasteiger partial charge in [-0.15, -0.1) is 0 Å². The minimum Gasteiger partial charge on any atom is -0.489 e. The first-order valence-electron chi connectivity index (χ1n) is 11.0. The molecule has 3 aromatic rings. The van der Waals surface area contributed by atoms with Gasteiger partial charge in [-0.2, -0.15) is 48.3 Å². The molecular weight excluding hydrogens is 571 g/mol. The van der Waals surface area contributed by atoms with E-state index in [-0.39, 0.29) is 23.1 Å². The third-order valence-electron chi connectivity index (χ3n) is 5.25. The topological polar surface area (TPSA) is 41.9 Å². The van der Waals surface area contributed by atoms with Gasteiger partial charge in [0.05, 0.1) is 17.8 Å². The van der Waals surface area contributed by atoms with Crippen LogP contribution in [0.4, 0.5) is 54.0 Å². The summed E-state index contributed by atoms with van der Waals surface area (Å²) in [6.07, 6.45) is -18.8. The van der Waals surface area contributed by atoms with E-state index in [9.17, 15) is 53.4 Å². The molecule has 0 bridgehead atoms. The van der Waals surface area contributed by atoms with Crippen LogP contribution in [0.3, 0.4) is 0 Å². The van der Waals surface area contributed by atoms with Crippen molar-refractivity contribution in [3.05, 3.63) is 89.5 Å². The lowest BCUT2D eigenvalue weighted by atomic mass is 10.1. The lowest BCUT2D eigenvalue weighted by molar-refractivity contribution is -0.289. The van der Waals surface area contributed by atoms with Crippen molar-refractivity contribution in [3.8, 4) is 11.5 Å². The van der Waals surface area contributed by atoms with Crippen molar-refractivity contribution < 1.29 is 63.0 Å². The predicted molar refractivity (Wildman–Crippen MR) is 119 cm³/mol. The van der Waals surface area contributed by atoms with Gasteiger partial charge in [0.2, 0.25) is 0 Å². The maximum absolute atomic E-state index is 13.8. The Balaban J connectivity index is 1.88. The van der Waals surface area contributed by atoms with Gasteiger partial charge < -0.3 is 14.7 Å². The van der Waals surface area contributed by atoms with Gasteiger partial charge in [-0.25, -0.2) is 5.06 Å². The quantitative estimate of drug-likeness (QED) is 0.206. The van der Waals surface area contributed by atoms with Gasteiger partial charge in [0.25, 0.3) is 0 Å². The number of hydrogen-bond donors (Lipinski definition) is 1. The molecule has 0 aromatic heterocycles. The molecule has 0 heterocycles. The fraction of sp³-hybridized carbons (Fsp3) is 0.280. The number of ether oxygens (including phenoxy) is 1. The lowest BCUT2D eigenvalue weighted by Crippen LogP contribution is -2.42. The number of benzene rings is 3. The summed E-state index contributed by atoms with van der Waals surface area (Å²) in [5.74, 6) is -6.10. The number of hydroxylamine groups is 1. The summed E-state index contributed by atoms with van der Waals surface area (Å²) < 4.78 is 149. The maximum Gasteiger partial charge on any atom is 0.458 e. The Morgan fingerprint density at radius 1 is 0.700 bits per heavy atom. The Hall–Kier alpha value is -3.75. The summed E-state index contributed by atoms with van der Waals surface area (Å²) in [5, 5.41) is 9.95. The molecule has 0 fully saturated rings. The van der Waals surface area contributed by atoms with Crippen molar-refractivity contribution in [2.45, 2.75) is 37.2 Å². The average Bonchev–Trinajstić information content (AvgIpc) is 2.86. The second kappa shape index (κ2) is 11.4. The summed E-state index contributed by atoms with van der Waals surface area (Å²) in [6.45, 7) is -1.74. The molecular formula is C25H18F11NO3. The third kappa shape index (κ3) is 7.67. The van der Waals surface area contributed by atoms with Crippen LogP contribution in [0.5, 0.6) is 11.5 Å². The lowest BCUT2D eigenvalue weighted by Gasteiger charge is -2.28. The first kappa shape index (κ1) is 30.8. The largest absolute Gasteiger partial charge is 0.489 e. The highest BCUT2D eigenvalue weighted by atomic mass is 19.4. The van der Waals surface area contributed by atoms with Crippen molar-refractivity contribution in [3.63, 3.8) is 0 Å². The molecule has 3 rings (SSSR count). The Bertz CT molecular complexity index is 1290. The second-order valence-electron chi connectivity index (χ2n) is 8.29. The van der Waals surface area contributed by atoms with Crippen molar-refractivity contribution in [2.24, 2.45) is 0 Å². The van der Waals surface area contributed by atoms with Crippen LogP contribution in [-0.2, 0) is 18.7 Å². The zero-order valence-corrected chi connectivity index (χ0v) is 19.8. The highest BCUT2D eigenvalue weighted by molar-refractivity contribution is 5.50. The number of anilines is 1. The number of aliphatic hydroxyl groups excluding tert-OH is 1. The SMILES string of the molecule is O[C@@H](CN(Oc1cccc(C(F)(F)C(F)(F)F)c1)c1cccc(OCc2cccc(C(F)(F)F)c2)c1)C(F)(F)F. The fourth-order valence-electron chi connectivity index (χ4n) is 3.23. The van der Waals surface area contributed by atoms with Crippen molar-refractivity contribution in [1.29, 1.82) is 0 Å². The molecule has 1 N–H and O–H groups in total. The maximum atomic E-state index is 13.8. The summed E-state index contributed by atoms with van der Waals surface area (Å²) in [7, 11) is 0. The summed E-state index contributed by atoms with van der Waals surface area (Å²) in [4.78, 5) is 5.18. The molecule has 3 aromatic carbocycles. The molecule has 0 saturated heterocycles. The van der Waals surface area contributed by atoms with Crippen LogP contribution in [0.15, 0.2) is 72.8 Å². The molecule has 0 spiro atoms. The minimum atomic E-state index is -5.97. The molecule has 4 nitrogen and oxygen atoms in total. The molecule has 218 valence electrons. The van der Waals surface area contributed by atoms with E-state index in [0.717, 1.165) is 42.5 Å². The second-order valence-corrected chi connectivity index (χ2v) is 8.29. The third-order valence-corrected chi connectivity index (χ3v) is 5.25. The number of nitrogens with zero attached hydrogens (tertiary/aromatic N) is 1. The van der Waals surface area contributed by atoms with E-state index in [0.29, 0.717) is 11.1 Å². The van der Waals surface area contributed by atoms with Crippen LogP contribution >= 0.6 is 0 Å². The van der Waals surface area contributed by atoms with Gasteiger partial charge in [0, 0.05) is 11.6 Å². The van der Waals surface area contributed by atoms with Gasteiger partial charge in [0.1, 0.15) is 12.4 Å². The van der Waals surface area contributed by atoms with Gasteiger partial charge in [-0.1, -0.05) is 30.3 Å². The summed E-state index contributed by atoms with van der Waals surface area (Å²) in [5.41, 5.74) is -2.66. The zero-order chi connectivity index (χ0) is 29.9. The Morgan fingerprint density at radius 3 is 1.93 bits per heavy atom. The van der Waals surface area contributed by atoms with Gasteiger partial charge >= 0.3 is 24.5 Å². The molecule has 0 radical (unpaired) electrons. The normalized spacial score (nSPS) is 13.6. The van der Waals surface area contributed by atoms with Crippen LogP contribution in [0.2, 0.25) is 0 Å². The van der Waals surface area contributed by atoms with E-state index in [1.54, 1.807) is 0 Å². The minimum absolute atomic E-state index is 0.0811. The van der Waals surface area contributed by atoms with E-state index in [1.807, 2.05) is 0 Å². The number of alkyl halides is 11. The number of halogens is 11. The van der Waals surface area contributed by atoms with E-state index < -0.39 is 60.6 Å². The molecule has 1 atom stereocenters. The molecule has 0 amide bonds. The molecule has 0 unspecified atom stereocenters. The summed E-state index contributed by atoms with van der Waals surface area (Å²) >= 11 is 0. The van der Waals surface area contributed by atoms with E-state index in [1.165, 1.54) is 18.2 Å². The highest BCUT2D eigenvalue weighted by Crippen LogP contribution is 2.44. The fourth-order valence-corrected chi connectivity index (χ4v) is 3.23. The predicted octanol–water partition coefficient (Wildman–Crippen LogP) is 7.66. The van der Waals surface area contributed by atoms with E-state index in [2.05, 4.69) is 0 Å². The van der Waals surface area contributed by atoms with Crippen LogP contribution in [-0.4, -0.2) is 30.1 Å². The van der Waals surface area contributed by atoms with Crippen LogP contribution in [0, 0.1) is 0 Å². The Labute approximate surface area is 219 Å². The van der Waals surface area contributed by atoms with Crippen LogP contribution in [0.1, 0.15) is 16.7 Å². The first-order valence-corrected chi connectivity index (χ1v) is 11.0. The number of rotatable bonds is 9. The molecule has 15 heteroatoms. The van der Waals surface area contributed by atoms with Gasteiger partial charge in [-0.05, 0) is 42.0 Å². The molecule has 0 aliphatic heterocycles. The number of hydrogen-bond acceptors (Lipinski definition) is 4. The molecule has 0 aliphatic rings. The van der Waals surface area contributed by atoms with Crippen molar-refractivity contribution in [1.82, 2.24) is 0 Å². The smallest absolute Gasteiger partial charge is 0.458 e. The van der Waals surface area contributed by atoms with E-state index in [4.69, 9.17) is 9.57 Å². The van der Waals surface area contributed by atoms with Crippen molar-refractivity contribution in [2.75, 3.05) is 11.6 Å². The van der Waals surface area contributed by atoms with Crippen molar-refractivity contribution >= 4 is 5.69 Å². The molecule has 0 saturated carbocycles.